The second kappa shape index (κ2) is 8.57. The van der Waals surface area contributed by atoms with E-state index in [4.69, 9.17) is 24.7 Å². The van der Waals surface area contributed by atoms with E-state index in [0.717, 1.165) is 25.2 Å². The maximum absolute atomic E-state index is 15.3. The molecule has 0 aliphatic carbocycles. The fourth-order valence-electron chi connectivity index (χ4n) is 2.71. The molecule has 0 unspecified atom stereocenters. The summed E-state index contributed by atoms with van der Waals surface area (Å²) in [4.78, 5) is 37.4. The third-order valence-electron chi connectivity index (χ3n) is 3.95. The van der Waals surface area contributed by atoms with E-state index in [-0.39, 0.29) is 41.7 Å². The predicted octanol–water partition coefficient (Wildman–Crippen LogP) is 0.336. The normalized spacial score (nSPS) is 13.8. The number of hydrogen-bond acceptors (Lipinski definition) is 9. The highest BCUT2D eigenvalue weighted by atomic mass is 19.1. The third-order valence-corrected chi connectivity index (χ3v) is 3.95. The van der Waals surface area contributed by atoms with E-state index in [1.807, 2.05) is 0 Å². The Morgan fingerprint density at radius 3 is 2.25 bits per heavy atom. The van der Waals surface area contributed by atoms with E-state index < -0.39 is 29.4 Å². The summed E-state index contributed by atoms with van der Waals surface area (Å²) in [6, 6.07) is 1.15. The Labute approximate surface area is 159 Å². The molecule has 152 valence electrons. The van der Waals surface area contributed by atoms with Crippen LogP contribution in [0.2, 0.25) is 0 Å². The van der Waals surface area contributed by atoms with E-state index in [2.05, 4.69) is 4.74 Å². The maximum Gasteiger partial charge on any atom is 0.355 e. The first-order valence-electron chi connectivity index (χ1n) is 7.81. The van der Waals surface area contributed by atoms with Crippen molar-refractivity contribution in [1.82, 2.24) is 0 Å². The number of benzene rings is 1. The summed E-state index contributed by atoms with van der Waals surface area (Å²) in [5, 5.41) is 0. The quantitative estimate of drug-likeness (QED) is 0.675. The highest BCUT2D eigenvalue weighted by Crippen LogP contribution is 2.41. The van der Waals surface area contributed by atoms with E-state index in [9.17, 15) is 14.4 Å². The van der Waals surface area contributed by atoms with Crippen molar-refractivity contribution in [3.63, 3.8) is 0 Å². The van der Waals surface area contributed by atoms with Crippen LogP contribution in [0.4, 0.5) is 10.1 Å². The average Bonchev–Trinajstić information content (AvgIpc) is 2.70. The van der Waals surface area contributed by atoms with Crippen LogP contribution in [0.5, 0.6) is 11.5 Å². The van der Waals surface area contributed by atoms with Gasteiger partial charge in [0.2, 0.25) is 0 Å². The number of amides is 1. The van der Waals surface area contributed by atoms with E-state index in [0.29, 0.717) is 0 Å². The molecule has 1 heterocycles. The van der Waals surface area contributed by atoms with Crippen LogP contribution in [-0.4, -0.2) is 59.6 Å². The lowest BCUT2D eigenvalue weighted by atomic mass is 10.1. The van der Waals surface area contributed by atoms with Crippen molar-refractivity contribution in [3.05, 3.63) is 28.7 Å². The minimum absolute atomic E-state index is 0.0905. The molecule has 0 bridgehead atoms. The molecule has 1 aromatic carbocycles. The van der Waals surface area contributed by atoms with Crippen molar-refractivity contribution in [2.24, 2.45) is 5.73 Å². The number of esters is 2. The molecule has 0 fully saturated rings. The second-order valence-electron chi connectivity index (χ2n) is 5.40. The molecule has 1 aromatic rings. The third kappa shape index (κ3) is 3.56. The van der Waals surface area contributed by atoms with Gasteiger partial charge < -0.3 is 34.3 Å². The molecule has 10 nitrogen and oxygen atoms in total. The fourth-order valence-corrected chi connectivity index (χ4v) is 2.71. The van der Waals surface area contributed by atoms with Crippen LogP contribution in [-0.2, 0) is 23.8 Å². The van der Waals surface area contributed by atoms with Gasteiger partial charge in [-0.3, -0.25) is 4.79 Å². The number of hydrogen-bond donors (Lipinski definition) is 1. The monoisotopic (exact) mass is 398 g/mol. The van der Waals surface area contributed by atoms with Crippen molar-refractivity contribution in [3.8, 4) is 11.5 Å². The Balaban J connectivity index is 2.85. The summed E-state index contributed by atoms with van der Waals surface area (Å²) in [5.41, 5.74) is 4.05. The molecule has 1 aliphatic rings. The van der Waals surface area contributed by atoms with Crippen LogP contribution < -0.4 is 20.1 Å². The van der Waals surface area contributed by atoms with Crippen molar-refractivity contribution < 1.29 is 42.5 Å². The Morgan fingerprint density at radius 2 is 1.75 bits per heavy atom. The van der Waals surface area contributed by atoms with Gasteiger partial charge in [0, 0.05) is 0 Å². The second-order valence-corrected chi connectivity index (χ2v) is 5.40. The zero-order valence-corrected chi connectivity index (χ0v) is 15.7. The first kappa shape index (κ1) is 21.0. The van der Waals surface area contributed by atoms with E-state index >= 15 is 4.39 Å². The van der Waals surface area contributed by atoms with Gasteiger partial charge in [0.05, 0.1) is 51.9 Å². The summed E-state index contributed by atoms with van der Waals surface area (Å²) in [7, 11) is 4.63. The number of anilines is 1. The van der Waals surface area contributed by atoms with Gasteiger partial charge in [-0.05, 0) is 6.07 Å². The summed E-state index contributed by atoms with van der Waals surface area (Å²) in [6.07, 6.45) is 0. The van der Waals surface area contributed by atoms with Crippen molar-refractivity contribution in [2.75, 3.05) is 46.7 Å². The molecule has 0 spiro atoms. The molecule has 2 rings (SSSR count). The van der Waals surface area contributed by atoms with Crippen LogP contribution in [0.15, 0.2) is 17.3 Å². The molecular formula is C17H19FN2O8. The van der Waals surface area contributed by atoms with Gasteiger partial charge >= 0.3 is 11.9 Å². The number of carbonyl (C=O) groups excluding carboxylic acids is 3. The average molecular weight is 398 g/mol. The number of halogens is 1. The Morgan fingerprint density at radius 1 is 1.11 bits per heavy atom. The van der Waals surface area contributed by atoms with Gasteiger partial charge in [-0.2, -0.15) is 0 Å². The fraction of sp³-hybridized carbons (Fsp3) is 0.353. The highest BCUT2D eigenvalue weighted by Gasteiger charge is 2.37. The highest BCUT2D eigenvalue weighted by molar-refractivity contribution is 6.06. The van der Waals surface area contributed by atoms with Crippen molar-refractivity contribution in [2.45, 2.75) is 0 Å². The van der Waals surface area contributed by atoms with Crippen LogP contribution in [0.25, 0.3) is 0 Å². The standard InChI is InChI=1S/C17H19FN2O8/c1-24-10-5-8(15(19)21)12(11(18)14(10)25-2)20-7-28-6-9(16(22)26-3)13(20)17(23)27-4/h5H,6-7H2,1-4H3,(H2,19,21). The lowest BCUT2D eigenvalue weighted by Gasteiger charge is -2.32. The minimum atomic E-state index is -1.05. The Hall–Kier alpha value is -3.34. The smallest absolute Gasteiger partial charge is 0.355 e. The molecular weight excluding hydrogens is 379 g/mol. The largest absolute Gasteiger partial charge is 0.493 e. The van der Waals surface area contributed by atoms with Gasteiger partial charge in [0.25, 0.3) is 5.91 Å². The number of ether oxygens (including phenoxy) is 5. The summed E-state index contributed by atoms with van der Waals surface area (Å²) in [6.45, 7) is -0.661. The van der Waals surface area contributed by atoms with Gasteiger partial charge in [-0.25, -0.2) is 14.0 Å². The minimum Gasteiger partial charge on any atom is -0.493 e. The lowest BCUT2D eigenvalue weighted by molar-refractivity contribution is -0.140. The summed E-state index contributed by atoms with van der Waals surface area (Å²) >= 11 is 0. The van der Waals surface area contributed by atoms with Crippen LogP contribution in [0.1, 0.15) is 10.4 Å². The SMILES string of the molecule is COC(=O)C1=C(C(=O)OC)N(c2c(C(N)=O)cc(OC)c(OC)c2F)COC1. The zero-order chi connectivity index (χ0) is 21.0. The van der Waals surface area contributed by atoms with Crippen LogP contribution in [0, 0.1) is 5.82 Å². The molecule has 1 aliphatic heterocycles. The van der Waals surface area contributed by atoms with Gasteiger partial charge in [0.15, 0.2) is 17.3 Å². The number of methoxy groups -OCH3 is 4. The first-order valence-corrected chi connectivity index (χ1v) is 7.81. The van der Waals surface area contributed by atoms with Gasteiger partial charge in [-0.15, -0.1) is 0 Å². The maximum atomic E-state index is 15.3. The van der Waals surface area contributed by atoms with E-state index in [1.54, 1.807) is 0 Å². The van der Waals surface area contributed by atoms with E-state index in [1.165, 1.54) is 14.2 Å². The lowest BCUT2D eigenvalue weighted by Crippen LogP contribution is -2.40. The summed E-state index contributed by atoms with van der Waals surface area (Å²) < 4.78 is 39.9. The van der Waals surface area contributed by atoms with Gasteiger partial charge in [0.1, 0.15) is 12.4 Å². The molecule has 11 heteroatoms. The number of nitrogens with zero attached hydrogens (tertiary/aromatic N) is 1. The zero-order valence-electron chi connectivity index (χ0n) is 15.7. The molecule has 0 atom stereocenters. The molecule has 0 aromatic heterocycles. The topological polar surface area (TPSA) is 127 Å². The number of nitrogens with two attached hydrogens (primary N) is 1. The molecule has 2 N–H and O–H groups in total. The number of rotatable bonds is 6. The van der Waals surface area contributed by atoms with Crippen molar-refractivity contribution >= 4 is 23.5 Å². The Kier molecular flexibility index (Phi) is 6.41. The Bertz CT molecular complexity index is 852. The van der Waals surface area contributed by atoms with Crippen LogP contribution in [0.3, 0.4) is 0 Å². The number of carbonyl (C=O) groups is 3. The van der Waals surface area contributed by atoms with Crippen molar-refractivity contribution in [1.29, 1.82) is 0 Å². The van der Waals surface area contributed by atoms with Gasteiger partial charge in [-0.1, -0.05) is 0 Å². The predicted molar refractivity (Wildman–Crippen MR) is 92.4 cm³/mol. The molecule has 0 saturated carbocycles. The first-order chi connectivity index (χ1) is 13.3. The molecule has 28 heavy (non-hydrogen) atoms. The van der Waals surface area contributed by atoms with Crippen LogP contribution >= 0.6 is 0 Å². The number of primary amides is 1. The molecule has 1 amide bonds. The summed E-state index contributed by atoms with van der Waals surface area (Å²) in [5.74, 6) is -4.33. The molecule has 0 radical (unpaired) electrons. The molecule has 0 saturated heterocycles.